The third-order valence-corrected chi connectivity index (χ3v) is 3.93. The van der Waals surface area contributed by atoms with Crippen molar-refractivity contribution in [2.45, 2.75) is 53.0 Å². The van der Waals surface area contributed by atoms with Gasteiger partial charge in [0.15, 0.2) is 0 Å². The van der Waals surface area contributed by atoms with Crippen LogP contribution in [0.3, 0.4) is 0 Å². The largest absolute Gasteiger partial charge is 0.478 e. The van der Waals surface area contributed by atoms with E-state index in [0.29, 0.717) is 5.82 Å². The van der Waals surface area contributed by atoms with Crippen LogP contribution in [0.15, 0.2) is 6.07 Å². The molecule has 19 heavy (non-hydrogen) atoms. The molecule has 0 bridgehead atoms. The number of carbonyl (C=O) groups is 1. The van der Waals surface area contributed by atoms with Gasteiger partial charge in [0.05, 0.1) is 0 Å². The minimum absolute atomic E-state index is 0.0521. The molecule has 1 unspecified atom stereocenters. The van der Waals surface area contributed by atoms with E-state index in [9.17, 15) is 9.90 Å². The van der Waals surface area contributed by atoms with Gasteiger partial charge in [-0.3, -0.25) is 0 Å². The molecule has 0 aromatic carbocycles. The Bertz CT molecular complexity index is 504. The van der Waals surface area contributed by atoms with E-state index in [1.54, 1.807) is 6.07 Å². The number of aromatic carboxylic acids is 1. The quantitative estimate of drug-likeness (QED) is 0.878. The molecule has 4 heteroatoms. The number of nitrogens with one attached hydrogen (secondary N) is 1. The van der Waals surface area contributed by atoms with Crippen LogP contribution >= 0.6 is 0 Å². The van der Waals surface area contributed by atoms with Crippen molar-refractivity contribution in [3.63, 3.8) is 0 Å². The van der Waals surface area contributed by atoms with Crippen molar-refractivity contribution >= 4 is 11.8 Å². The zero-order valence-electron chi connectivity index (χ0n) is 12.1. The summed E-state index contributed by atoms with van der Waals surface area (Å²) >= 11 is 0. The summed E-state index contributed by atoms with van der Waals surface area (Å²) in [5.41, 5.74) is 2.48. The minimum Gasteiger partial charge on any atom is -0.478 e. The fourth-order valence-electron chi connectivity index (χ4n) is 2.17. The lowest BCUT2D eigenvalue weighted by Crippen LogP contribution is -2.32. The maximum atomic E-state index is 11.4. The number of aryl methyl sites for hydroxylation is 2. The number of pyridine rings is 1. The molecule has 2 rings (SSSR count). The van der Waals surface area contributed by atoms with Crippen LogP contribution in [0.2, 0.25) is 0 Å². The molecule has 1 aromatic heterocycles. The monoisotopic (exact) mass is 262 g/mol. The van der Waals surface area contributed by atoms with Crippen LogP contribution in [0.4, 0.5) is 5.82 Å². The van der Waals surface area contributed by atoms with Crippen LogP contribution in [0.25, 0.3) is 0 Å². The van der Waals surface area contributed by atoms with Gasteiger partial charge in [0.25, 0.3) is 0 Å². The van der Waals surface area contributed by atoms with Gasteiger partial charge in [0.2, 0.25) is 0 Å². The zero-order chi connectivity index (χ0) is 14.2. The Morgan fingerprint density at radius 1 is 1.42 bits per heavy atom. The maximum absolute atomic E-state index is 11.4. The fourth-order valence-corrected chi connectivity index (χ4v) is 2.17. The Balaban J connectivity index is 2.36. The van der Waals surface area contributed by atoms with E-state index < -0.39 is 5.97 Å². The third kappa shape index (κ3) is 2.88. The molecular formula is C15H22N2O2. The summed E-state index contributed by atoms with van der Waals surface area (Å²) in [5, 5.41) is 12.6. The number of hydrogen-bond donors (Lipinski definition) is 2. The molecule has 0 fully saturated rings. The fraction of sp³-hybridized carbons (Fsp3) is 0.600. The minimum atomic E-state index is -0.911. The second-order valence-electron chi connectivity index (χ2n) is 6.38. The molecule has 1 atom stereocenters. The normalized spacial score (nSPS) is 16.0. The van der Waals surface area contributed by atoms with Crippen molar-refractivity contribution in [3.8, 4) is 0 Å². The van der Waals surface area contributed by atoms with Gasteiger partial charge in [-0.25, -0.2) is 9.78 Å². The smallest absolute Gasteiger partial charge is 0.339 e. The summed E-state index contributed by atoms with van der Waals surface area (Å²) in [6.45, 7) is 8.43. The standard InChI is InChI=1S/C15H22N2O2/c1-9(15(2,3)4)16-13-11(14(18)19)8-10-6-5-7-12(10)17-13/h8-9H,5-7H2,1-4H3,(H,16,17)(H,18,19). The maximum Gasteiger partial charge on any atom is 0.339 e. The van der Waals surface area contributed by atoms with Gasteiger partial charge in [-0.05, 0) is 43.2 Å². The Morgan fingerprint density at radius 2 is 2.11 bits per heavy atom. The highest BCUT2D eigenvalue weighted by Crippen LogP contribution is 2.28. The van der Waals surface area contributed by atoms with Gasteiger partial charge in [0, 0.05) is 11.7 Å². The molecule has 0 amide bonds. The Morgan fingerprint density at radius 3 is 2.68 bits per heavy atom. The van der Waals surface area contributed by atoms with Crippen LogP contribution in [-0.4, -0.2) is 22.1 Å². The molecule has 1 aromatic rings. The number of hydrogen-bond acceptors (Lipinski definition) is 3. The lowest BCUT2D eigenvalue weighted by Gasteiger charge is -2.29. The molecule has 4 nitrogen and oxygen atoms in total. The van der Waals surface area contributed by atoms with Crippen LogP contribution in [0.1, 0.15) is 55.7 Å². The Hall–Kier alpha value is -1.58. The molecule has 104 valence electrons. The summed E-state index contributed by atoms with van der Waals surface area (Å²) < 4.78 is 0. The highest BCUT2D eigenvalue weighted by Gasteiger charge is 2.24. The molecule has 0 radical (unpaired) electrons. The molecule has 1 aliphatic carbocycles. The molecule has 2 N–H and O–H groups in total. The van der Waals surface area contributed by atoms with Crippen molar-refractivity contribution in [2.75, 3.05) is 5.32 Å². The SMILES string of the molecule is CC(Nc1nc2c(cc1C(=O)O)CCC2)C(C)(C)C. The van der Waals surface area contributed by atoms with E-state index in [2.05, 4.69) is 38.0 Å². The molecule has 0 saturated carbocycles. The summed E-state index contributed by atoms with van der Waals surface area (Å²) in [4.78, 5) is 15.9. The number of carboxylic acid groups (broad SMARTS) is 1. The van der Waals surface area contributed by atoms with E-state index in [4.69, 9.17) is 0 Å². The number of nitrogens with zero attached hydrogens (tertiary/aromatic N) is 1. The van der Waals surface area contributed by atoms with Gasteiger partial charge < -0.3 is 10.4 Å². The average molecular weight is 262 g/mol. The number of fused-ring (bicyclic) bond motifs is 1. The van der Waals surface area contributed by atoms with E-state index in [1.807, 2.05) is 0 Å². The number of aromatic nitrogens is 1. The van der Waals surface area contributed by atoms with Crippen LogP contribution in [0.5, 0.6) is 0 Å². The predicted octanol–water partition coefficient (Wildman–Crippen LogP) is 3.12. The first-order chi connectivity index (χ1) is 8.79. The molecule has 0 aliphatic heterocycles. The molecular weight excluding hydrogens is 240 g/mol. The first-order valence-corrected chi connectivity index (χ1v) is 6.81. The molecule has 0 spiro atoms. The first kappa shape index (κ1) is 13.8. The van der Waals surface area contributed by atoms with E-state index in [1.165, 1.54) is 0 Å². The van der Waals surface area contributed by atoms with Crippen molar-refractivity contribution in [2.24, 2.45) is 5.41 Å². The van der Waals surface area contributed by atoms with Crippen molar-refractivity contribution in [3.05, 3.63) is 22.9 Å². The van der Waals surface area contributed by atoms with Crippen LogP contribution in [-0.2, 0) is 12.8 Å². The summed E-state index contributed by atoms with van der Waals surface area (Å²) in [7, 11) is 0. The topological polar surface area (TPSA) is 62.2 Å². The van der Waals surface area contributed by atoms with Crippen LogP contribution in [0, 0.1) is 5.41 Å². The second-order valence-corrected chi connectivity index (χ2v) is 6.38. The average Bonchev–Trinajstić information content (AvgIpc) is 2.73. The first-order valence-electron chi connectivity index (χ1n) is 6.81. The van der Waals surface area contributed by atoms with Crippen molar-refractivity contribution in [1.29, 1.82) is 0 Å². The van der Waals surface area contributed by atoms with E-state index in [-0.39, 0.29) is 17.0 Å². The summed E-state index contributed by atoms with van der Waals surface area (Å²) in [6, 6.07) is 1.94. The number of rotatable bonds is 3. The predicted molar refractivity (Wildman–Crippen MR) is 75.8 cm³/mol. The highest BCUT2D eigenvalue weighted by molar-refractivity contribution is 5.93. The number of anilines is 1. The Kier molecular flexibility index (Phi) is 3.52. The zero-order valence-corrected chi connectivity index (χ0v) is 12.1. The van der Waals surface area contributed by atoms with Gasteiger partial charge in [-0.15, -0.1) is 0 Å². The number of carboxylic acids is 1. The van der Waals surface area contributed by atoms with Crippen molar-refractivity contribution < 1.29 is 9.90 Å². The van der Waals surface area contributed by atoms with Gasteiger partial charge >= 0.3 is 5.97 Å². The summed E-state index contributed by atoms with van der Waals surface area (Å²) in [5.74, 6) is -0.401. The lowest BCUT2D eigenvalue weighted by atomic mass is 9.88. The third-order valence-electron chi connectivity index (χ3n) is 3.93. The van der Waals surface area contributed by atoms with Crippen molar-refractivity contribution in [1.82, 2.24) is 4.98 Å². The van der Waals surface area contributed by atoms with E-state index >= 15 is 0 Å². The van der Waals surface area contributed by atoms with Gasteiger partial charge in [-0.1, -0.05) is 20.8 Å². The molecule has 1 aliphatic rings. The Labute approximate surface area is 114 Å². The van der Waals surface area contributed by atoms with Gasteiger partial charge in [-0.2, -0.15) is 0 Å². The molecule has 1 heterocycles. The van der Waals surface area contributed by atoms with Crippen LogP contribution < -0.4 is 5.32 Å². The second kappa shape index (κ2) is 4.83. The summed E-state index contributed by atoms with van der Waals surface area (Å²) in [6.07, 6.45) is 2.96. The molecule has 0 saturated heterocycles. The van der Waals surface area contributed by atoms with E-state index in [0.717, 1.165) is 30.5 Å². The highest BCUT2D eigenvalue weighted by atomic mass is 16.4. The lowest BCUT2D eigenvalue weighted by molar-refractivity contribution is 0.0697. The van der Waals surface area contributed by atoms with Gasteiger partial charge in [0.1, 0.15) is 11.4 Å².